The number of fused-ring (bicyclic) bond motifs is 1. The molecule has 0 aliphatic heterocycles. The number of aromatic nitrogens is 4. The monoisotopic (exact) mass is 401 g/mol. The van der Waals surface area contributed by atoms with Crippen LogP contribution >= 0.6 is 0 Å². The Morgan fingerprint density at radius 3 is 2.50 bits per heavy atom. The number of carbonyl (C=O) groups is 2. The maximum Gasteiger partial charge on any atom is 0.264 e. The van der Waals surface area contributed by atoms with Crippen molar-refractivity contribution in [1.82, 2.24) is 19.3 Å². The van der Waals surface area contributed by atoms with Gasteiger partial charge in [-0.25, -0.2) is 9.67 Å². The largest absolute Gasteiger partial charge is 0.325 e. The summed E-state index contributed by atoms with van der Waals surface area (Å²) in [4.78, 5) is 40.9. The van der Waals surface area contributed by atoms with E-state index in [1.807, 2.05) is 31.2 Å². The fourth-order valence-corrected chi connectivity index (χ4v) is 3.18. The van der Waals surface area contributed by atoms with Gasteiger partial charge in [-0.3, -0.25) is 19.0 Å². The molecule has 2 aromatic carbocycles. The molecule has 0 saturated carbocycles. The number of nitrogens with one attached hydrogen (secondary N) is 1. The zero-order chi connectivity index (χ0) is 21.3. The van der Waals surface area contributed by atoms with Crippen LogP contribution in [0.5, 0.6) is 0 Å². The molecule has 4 aromatic rings. The highest BCUT2D eigenvalue weighted by Crippen LogP contribution is 2.17. The second-order valence-corrected chi connectivity index (χ2v) is 6.94. The summed E-state index contributed by atoms with van der Waals surface area (Å²) in [6, 6.07) is 14.2. The molecule has 4 rings (SSSR count). The number of Topliss-reactive ketones (excluding diaryl/α,β-unsaturated/α-hetero) is 1. The first-order chi connectivity index (χ1) is 14.4. The molecule has 1 amide bonds. The molecule has 0 fully saturated rings. The molecule has 150 valence electrons. The van der Waals surface area contributed by atoms with Crippen LogP contribution in [-0.2, 0) is 11.3 Å². The Labute approximate surface area is 171 Å². The van der Waals surface area contributed by atoms with E-state index in [1.165, 1.54) is 24.0 Å². The molecular weight excluding hydrogens is 382 g/mol. The Morgan fingerprint density at radius 1 is 1.07 bits per heavy atom. The van der Waals surface area contributed by atoms with Gasteiger partial charge in [0.1, 0.15) is 18.3 Å². The van der Waals surface area contributed by atoms with Crippen molar-refractivity contribution in [3.63, 3.8) is 0 Å². The third-order valence-corrected chi connectivity index (χ3v) is 4.79. The maximum absolute atomic E-state index is 12.8. The van der Waals surface area contributed by atoms with Gasteiger partial charge in [0.2, 0.25) is 5.91 Å². The van der Waals surface area contributed by atoms with Gasteiger partial charge in [0.15, 0.2) is 11.4 Å². The molecular formula is C22H19N5O3. The average molecular weight is 401 g/mol. The summed E-state index contributed by atoms with van der Waals surface area (Å²) in [5, 5.41) is 7.35. The van der Waals surface area contributed by atoms with E-state index < -0.39 is 0 Å². The molecule has 0 spiro atoms. The summed E-state index contributed by atoms with van der Waals surface area (Å²) >= 11 is 0. The minimum absolute atomic E-state index is 0.0509. The lowest BCUT2D eigenvalue weighted by molar-refractivity contribution is -0.116. The predicted molar refractivity (Wildman–Crippen MR) is 113 cm³/mol. The molecule has 8 heteroatoms. The van der Waals surface area contributed by atoms with Gasteiger partial charge in [-0.1, -0.05) is 18.2 Å². The van der Waals surface area contributed by atoms with Crippen molar-refractivity contribution >= 4 is 28.4 Å². The second kappa shape index (κ2) is 7.75. The van der Waals surface area contributed by atoms with Crippen LogP contribution in [-0.4, -0.2) is 31.0 Å². The summed E-state index contributed by atoms with van der Waals surface area (Å²) in [5.74, 6) is -0.426. The molecule has 0 saturated heterocycles. The lowest BCUT2D eigenvalue weighted by atomic mass is 10.1. The molecule has 0 radical (unpaired) electrons. The summed E-state index contributed by atoms with van der Waals surface area (Å²) in [6.07, 6.45) is 2.81. The molecule has 0 bridgehead atoms. The summed E-state index contributed by atoms with van der Waals surface area (Å²) < 4.78 is 2.86. The van der Waals surface area contributed by atoms with Gasteiger partial charge in [0.05, 0.1) is 11.9 Å². The second-order valence-electron chi connectivity index (χ2n) is 6.94. The van der Waals surface area contributed by atoms with Crippen LogP contribution in [0.2, 0.25) is 0 Å². The predicted octanol–water partition coefficient (Wildman–Crippen LogP) is 2.73. The zero-order valence-corrected chi connectivity index (χ0v) is 16.5. The Balaban J connectivity index is 1.57. The fraction of sp³-hybridized carbons (Fsp3) is 0.136. The summed E-state index contributed by atoms with van der Waals surface area (Å²) in [6.45, 7) is 3.24. The van der Waals surface area contributed by atoms with Crippen molar-refractivity contribution in [2.75, 3.05) is 5.32 Å². The SMILES string of the molecule is CC(=O)c1ccc(NC(=O)Cn2cnc3c(cnn3-c3ccccc3C)c2=O)cc1. The van der Waals surface area contributed by atoms with Crippen molar-refractivity contribution < 1.29 is 9.59 Å². The smallest absolute Gasteiger partial charge is 0.264 e. The summed E-state index contributed by atoms with van der Waals surface area (Å²) in [5.41, 5.74) is 3.03. The number of hydrogen-bond donors (Lipinski definition) is 1. The van der Waals surface area contributed by atoms with Crippen LogP contribution in [0, 0.1) is 6.92 Å². The number of amides is 1. The number of ketones is 1. The Morgan fingerprint density at radius 2 is 1.80 bits per heavy atom. The number of nitrogens with zero attached hydrogens (tertiary/aromatic N) is 4. The van der Waals surface area contributed by atoms with Crippen LogP contribution in [0.15, 0.2) is 65.8 Å². The molecule has 30 heavy (non-hydrogen) atoms. The number of carbonyl (C=O) groups excluding carboxylic acids is 2. The van der Waals surface area contributed by atoms with Gasteiger partial charge in [-0.05, 0) is 49.7 Å². The standard InChI is InChI=1S/C22H19N5O3/c1-14-5-3-4-6-19(14)27-21-18(11-24-27)22(30)26(13-23-21)12-20(29)25-17-9-7-16(8-10-17)15(2)28/h3-11,13H,12H2,1-2H3,(H,25,29). The van der Waals surface area contributed by atoms with Crippen molar-refractivity contribution in [2.45, 2.75) is 20.4 Å². The number of anilines is 1. The minimum Gasteiger partial charge on any atom is -0.325 e. The third-order valence-electron chi connectivity index (χ3n) is 4.79. The Hall–Kier alpha value is -4.07. The number of benzene rings is 2. The van der Waals surface area contributed by atoms with Gasteiger partial charge in [-0.2, -0.15) is 5.10 Å². The van der Waals surface area contributed by atoms with E-state index in [-0.39, 0.29) is 23.8 Å². The maximum atomic E-state index is 12.8. The van der Waals surface area contributed by atoms with E-state index in [9.17, 15) is 14.4 Å². The highest BCUT2D eigenvalue weighted by molar-refractivity contribution is 5.95. The van der Waals surface area contributed by atoms with Crippen LogP contribution in [0.1, 0.15) is 22.8 Å². The van der Waals surface area contributed by atoms with E-state index in [0.717, 1.165) is 11.3 Å². The molecule has 8 nitrogen and oxygen atoms in total. The fourth-order valence-electron chi connectivity index (χ4n) is 3.18. The molecule has 0 atom stereocenters. The van der Waals surface area contributed by atoms with Crippen LogP contribution in [0.25, 0.3) is 16.7 Å². The van der Waals surface area contributed by atoms with E-state index in [4.69, 9.17) is 0 Å². The van der Waals surface area contributed by atoms with E-state index in [1.54, 1.807) is 28.9 Å². The van der Waals surface area contributed by atoms with E-state index >= 15 is 0 Å². The van der Waals surface area contributed by atoms with Crippen LogP contribution in [0.3, 0.4) is 0 Å². The van der Waals surface area contributed by atoms with Gasteiger partial charge >= 0.3 is 0 Å². The lowest BCUT2D eigenvalue weighted by Crippen LogP contribution is -2.27. The molecule has 0 aliphatic carbocycles. The minimum atomic E-state index is -0.375. The van der Waals surface area contributed by atoms with Crippen LogP contribution in [0.4, 0.5) is 5.69 Å². The molecule has 2 aromatic heterocycles. The van der Waals surface area contributed by atoms with Gasteiger partial charge in [0.25, 0.3) is 5.56 Å². The molecule has 2 heterocycles. The number of hydrogen-bond acceptors (Lipinski definition) is 5. The van der Waals surface area contributed by atoms with Crippen molar-refractivity contribution in [3.8, 4) is 5.69 Å². The summed E-state index contributed by atoms with van der Waals surface area (Å²) in [7, 11) is 0. The normalized spacial score (nSPS) is 10.9. The first-order valence-corrected chi connectivity index (χ1v) is 9.34. The van der Waals surface area contributed by atoms with Crippen molar-refractivity contribution in [1.29, 1.82) is 0 Å². The quantitative estimate of drug-likeness (QED) is 0.519. The highest BCUT2D eigenvalue weighted by Gasteiger charge is 2.14. The number of aryl methyl sites for hydroxylation is 1. The molecule has 1 N–H and O–H groups in total. The highest BCUT2D eigenvalue weighted by atomic mass is 16.2. The van der Waals surface area contributed by atoms with Gasteiger partial charge in [0, 0.05) is 11.3 Å². The zero-order valence-electron chi connectivity index (χ0n) is 16.5. The van der Waals surface area contributed by atoms with E-state index in [0.29, 0.717) is 22.3 Å². The molecule has 0 unspecified atom stereocenters. The van der Waals surface area contributed by atoms with E-state index in [2.05, 4.69) is 15.4 Å². The van der Waals surface area contributed by atoms with Gasteiger partial charge < -0.3 is 5.32 Å². The van der Waals surface area contributed by atoms with Crippen molar-refractivity contribution in [2.24, 2.45) is 0 Å². The first-order valence-electron chi connectivity index (χ1n) is 9.34. The third kappa shape index (κ3) is 3.62. The Bertz CT molecular complexity index is 1320. The number of rotatable bonds is 5. The van der Waals surface area contributed by atoms with Crippen molar-refractivity contribution in [3.05, 3.63) is 82.5 Å². The first kappa shape index (κ1) is 19.3. The average Bonchev–Trinajstić information content (AvgIpc) is 3.15. The van der Waals surface area contributed by atoms with Crippen LogP contribution < -0.4 is 10.9 Å². The number of para-hydroxylation sites is 1. The topological polar surface area (TPSA) is 98.9 Å². The lowest BCUT2D eigenvalue weighted by Gasteiger charge is -2.09. The van der Waals surface area contributed by atoms with Gasteiger partial charge in [-0.15, -0.1) is 0 Å². The Kier molecular flexibility index (Phi) is 4.97. The molecule has 0 aliphatic rings.